The van der Waals surface area contributed by atoms with Gasteiger partial charge in [-0.2, -0.15) is 0 Å². The number of hydrogen-bond donors (Lipinski definition) is 1. The van der Waals surface area contributed by atoms with Crippen molar-refractivity contribution >= 4 is 5.69 Å². The highest BCUT2D eigenvalue weighted by atomic mass is 15.1. The molecule has 0 unspecified atom stereocenters. The highest BCUT2D eigenvalue weighted by Gasteiger charge is 2.13. The van der Waals surface area contributed by atoms with Gasteiger partial charge < -0.3 is 10.6 Å². The van der Waals surface area contributed by atoms with E-state index in [1.807, 2.05) is 12.1 Å². The second-order valence-corrected chi connectivity index (χ2v) is 5.63. The molecule has 0 aliphatic carbocycles. The third-order valence-electron chi connectivity index (χ3n) is 2.34. The Morgan fingerprint density at radius 3 is 2.50 bits per heavy atom. The topological polar surface area (TPSA) is 42.1 Å². The third kappa shape index (κ3) is 5.12. The van der Waals surface area contributed by atoms with Crippen LogP contribution in [0.5, 0.6) is 0 Å². The van der Waals surface area contributed by atoms with Crippen molar-refractivity contribution in [2.75, 3.05) is 25.9 Å². The number of anilines is 1. The molecule has 0 bridgehead atoms. The zero-order valence-electron chi connectivity index (χ0n) is 10.8. The Morgan fingerprint density at radius 1 is 1.31 bits per heavy atom. The monoisotopic (exact) mass is 221 g/mol. The van der Waals surface area contributed by atoms with Crippen LogP contribution in [-0.2, 0) is 6.42 Å². The lowest BCUT2D eigenvalue weighted by atomic mass is 9.96. The standard InChI is InChI=1S/C13H23N3/c1-13(2,3)10-16(4)8-7-12-6-5-11(14)9-15-12/h5-6,9H,7-8,10,14H2,1-4H3. The van der Waals surface area contributed by atoms with Gasteiger partial charge >= 0.3 is 0 Å². The van der Waals surface area contributed by atoms with Crippen LogP contribution in [0, 0.1) is 5.41 Å². The third-order valence-corrected chi connectivity index (χ3v) is 2.34. The van der Waals surface area contributed by atoms with E-state index in [0.29, 0.717) is 5.41 Å². The van der Waals surface area contributed by atoms with Gasteiger partial charge in [0.2, 0.25) is 0 Å². The Balaban J connectivity index is 2.37. The summed E-state index contributed by atoms with van der Waals surface area (Å²) >= 11 is 0. The Morgan fingerprint density at radius 2 is 2.00 bits per heavy atom. The van der Waals surface area contributed by atoms with Crippen molar-refractivity contribution < 1.29 is 0 Å². The highest BCUT2D eigenvalue weighted by Crippen LogP contribution is 2.14. The molecule has 90 valence electrons. The average Bonchev–Trinajstić information content (AvgIpc) is 2.14. The molecular weight excluding hydrogens is 198 g/mol. The number of hydrogen-bond acceptors (Lipinski definition) is 3. The molecule has 3 nitrogen and oxygen atoms in total. The number of pyridine rings is 1. The maximum absolute atomic E-state index is 5.59. The van der Waals surface area contributed by atoms with Crippen LogP contribution in [0.4, 0.5) is 5.69 Å². The highest BCUT2D eigenvalue weighted by molar-refractivity contribution is 5.34. The van der Waals surface area contributed by atoms with Crippen molar-refractivity contribution in [3.8, 4) is 0 Å². The quantitative estimate of drug-likeness (QED) is 0.847. The molecule has 3 heteroatoms. The molecule has 16 heavy (non-hydrogen) atoms. The van der Waals surface area contributed by atoms with Gasteiger partial charge in [-0.05, 0) is 24.6 Å². The first-order chi connectivity index (χ1) is 7.37. The fraction of sp³-hybridized carbons (Fsp3) is 0.615. The van der Waals surface area contributed by atoms with Gasteiger partial charge in [0.25, 0.3) is 0 Å². The van der Waals surface area contributed by atoms with Gasteiger partial charge in [-0.15, -0.1) is 0 Å². The zero-order chi connectivity index (χ0) is 12.2. The van der Waals surface area contributed by atoms with Crippen LogP contribution in [0.15, 0.2) is 18.3 Å². The van der Waals surface area contributed by atoms with Gasteiger partial charge in [0, 0.05) is 25.2 Å². The second kappa shape index (κ2) is 5.30. The summed E-state index contributed by atoms with van der Waals surface area (Å²) in [6.07, 6.45) is 2.70. The largest absolute Gasteiger partial charge is 0.397 e. The molecule has 0 aliphatic heterocycles. The van der Waals surface area contributed by atoms with Gasteiger partial charge in [0.1, 0.15) is 0 Å². The lowest BCUT2D eigenvalue weighted by molar-refractivity contribution is 0.228. The number of likely N-dealkylation sites (N-methyl/N-ethyl adjacent to an activating group) is 1. The van der Waals surface area contributed by atoms with Gasteiger partial charge in [-0.1, -0.05) is 20.8 Å². The molecule has 0 radical (unpaired) electrons. The van der Waals surface area contributed by atoms with E-state index < -0.39 is 0 Å². The van der Waals surface area contributed by atoms with Gasteiger partial charge in [-0.3, -0.25) is 4.98 Å². The van der Waals surface area contributed by atoms with Crippen molar-refractivity contribution in [3.05, 3.63) is 24.0 Å². The first-order valence-corrected chi connectivity index (χ1v) is 5.76. The molecule has 2 N–H and O–H groups in total. The van der Waals surface area contributed by atoms with Crippen LogP contribution in [0.1, 0.15) is 26.5 Å². The van der Waals surface area contributed by atoms with E-state index in [2.05, 4.69) is 37.7 Å². The molecule has 0 spiro atoms. The first-order valence-electron chi connectivity index (χ1n) is 5.76. The predicted octanol–water partition coefficient (Wildman–Crippen LogP) is 2.18. The van der Waals surface area contributed by atoms with Crippen molar-refractivity contribution in [1.82, 2.24) is 9.88 Å². The minimum Gasteiger partial charge on any atom is -0.397 e. The summed E-state index contributed by atoms with van der Waals surface area (Å²) in [5.41, 5.74) is 7.78. The molecule has 0 atom stereocenters. The van der Waals surface area contributed by atoms with Crippen LogP contribution in [0.25, 0.3) is 0 Å². The second-order valence-electron chi connectivity index (χ2n) is 5.63. The molecule has 0 saturated carbocycles. The van der Waals surface area contributed by atoms with E-state index in [4.69, 9.17) is 5.73 Å². The average molecular weight is 221 g/mol. The minimum atomic E-state index is 0.350. The minimum absolute atomic E-state index is 0.350. The number of nitrogens with zero attached hydrogens (tertiary/aromatic N) is 2. The van der Waals surface area contributed by atoms with Crippen molar-refractivity contribution in [1.29, 1.82) is 0 Å². The summed E-state index contributed by atoms with van der Waals surface area (Å²) in [6.45, 7) is 8.90. The van der Waals surface area contributed by atoms with Crippen LogP contribution < -0.4 is 5.73 Å². The van der Waals surface area contributed by atoms with E-state index in [1.165, 1.54) is 0 Å². The van der Waals surface area contributed by atoms with E-state index in [-0.39, 0.29) is 0 Å². The fourth-order valence-electron chi connectivity index (χ4n) is 1.78. The molecule has 1 aromatic heterocycles. The molecule has 0 aliphatic rings. The van der Waals surface area contributed by atoms with Gasteiger partial charge in [-0.25, -0.2) is 0 Å². The number of rotatable bonds is 4. The van der Waals surface area contributed by atoms with E-state index >= 15 is 0 Å². The smallest absolute Gasteiger partial charge is 0.0501 e. The normalized spacial score (nSPS) is 12.1. The SMILES string of the molecule is CN(CCc1ccc(N)cn1)CC(C)(C)C. The molecule has 0 amide bonds. The maximum Gasteiger partial charge on any atom is 0.0501 e. The van der Waals surface area contributed by atoms with Gasteiger partial charge in [0.05, 0.1) is 11.9 Å². The van der Waals surface area contributed by atoms with E-state index in [0.717, 1.165) is 30.9 Å². The molecule has 1 aromatic rings. The molecular formula is C13H23N3. The van der Waals surface area contributed by atoms with Crippen LogP contribution in [0.3, 0.4) is 0 Å². The summed E-state index contributed by atoms with van der Waals surface area (Å²) in [4.78, 5) is 6.64. The van der Waals surface area contributed by atoms with Gasteiger partial charge in [0.15, 0.2) is 0 Å². The maximum atomic E-state index is 5.59. The summed E-state index contributed by atoms with van der Waals surface area (Å²) in [5.74, 6) is 0. The van der Waals surface area contributed by atoms with Crippen molar-refractivity contribution in [2.24, 2.45) is 5.41 Å². The molecule has 1 rings (SSSR count). The van der Waals surface area contributed by atoms with Crippen molar-refractivity contribution in [3.63, 3.8) is 0 Å². The van der Waals surface area contributed by atoms with Crippen molar-refractivity contribution in [2.45, 2.75) is 27.2 Å². The van der Waals surface area contributed by atoms with Crippen LogP contribution in [-0.4, -0.2) is 30.0 Å². The first kappa shape index (κ1) is 13.0. The Bertz CT molecular complexity index is 311. The fourth-order valence-corrected chi connectivity index (χ4v) is 1.78. The molecule has 1 heterocycles. The number of aromatic nitrogens is 1. The summed E-state index contributed by atoms with van der Waals surface area (Å²) in [7, 11) is 2.16. The lowest BCUT2D eigenvalue weighted by Crippen LogP contribution is -2.31. The summed E-state index contributed by atoms with van der Waals surface area (Å²) in [5, 5.41) is 0. The predicted molar refractivity (Wildman–Crippen MR) is 69.3 cm³/mol. The Kier molecular flexibility index (Phi) is 4.30. The van der Waals surface area contributed by atoms with E-state index in [9.17, 15) is 0 Å². The molecule has 0 aromatic carbocycles. The number of nitrogens with two attached hydrogens (primary N) is 1. The molecule has 0 saturated heterocycles. The zero-order valence-corrected chi connectivity index (χ0v) is 10.8. The summed E-state index contributed by atoms with van der Waals surface area (Å²) < 4.78 is 0. The Labute approximate surface area is 98.7 Å². The van der Waals surface area contributed by atoms with E-state index in [1.54, 1.807) is 6.20 Å². The number of nitrogen functional groups attached to an aromatic ring is 1. The molecule has 0 fully saturated rings. The summed E-state index contributed by atoms with van der Waals surface area (Å²) in [6, 6.07) is 3.91. The van der Waals surface area contributed by atoms with Crippen LogP contribution >= 0.6 is 0 Å². The van der Waals surface area contributed by atoms with Crippen LogP contribution in [0.2, 0.25) is 0 Å². The lowest BCUT2D eigenvalue weighted by Gasteiger charge is -2.26. The Hall–Kier alpha value is -1.09.